The van der Waals surface area contributed by atoms with E-state index in [4.69, 9.17) is 4.74 Å². The van der Waals surface area contributed by atoms with Crippen LogP contribution < -0.4 is 5.32 Å². The molecule has 0 spiro atoms. The maximum Gasteiger partial charge on any atom is 0.305 e. The first-order valence-electron chi connectivity index (χ1n) is 38.3. The van der Waals surface area contributed by atoms with Crippen molar-refractivity contribution < 1.29 is 24.5 Å². The first-order valence-corrected chi connectivity index (χ1v) is 38.3. The quantitative estimate of drug-likeness (QED) is 0.0417. The normalized spacial score (nSPS) is 12.4. The number of carbonyl (C=O) groups excluding carboxylic acids is 2. The summed E-state index contributed by atoms with van der Waals surface area (Å²) in [6.45, 7) is 5.01. The minimum absolute atomic E-state index is 0.0259. The van der Waals surface area contributed by atoms with E-state index in [-0.39, 0.29) is 18.5 Å². The Morgan fingerprint density at radius 1 is 0.293 bits per heavy atom. The molecule has 0 aliphatic carbocycles. The second-order valence-corrected chi connectivity index (χ2v) is 26.7. The summed E-state index contributed by atoms with van der Waals surface area (Å²) in [5.41, 5.74) is 0. The molecule has 6 heteroatoms. The predicted octanol–water partition coefficient (Wildman–Crippen LogP) is 24.9. The Morgan fingerprint density at radius 2 is 0.500 bits per heavy atom. The van der Waals surface area contributed by atoms with Gasteiger partial charge in [-0.25, -0.2) is 0 Å². The van der Waals surface area contributed by atoms with Crippen LogP contribution in [-0.2, 0) is 14.3 Å². The van der Waals surface area contributed by atoms with Gasteiger partial charge in [-0.2, -0.15) is 0 Å². The van der Waals surface area contributed by atoms with Crippen LogP contribution in [0.4, 0.5) is 0 Å². The lowest BCUT2D eigenvalue weighted by Gasteiger charge is -2.22. The number of carbonyl (C=O) groups is 2. The van der Waals surface area contributed by atoms with Gasteiger partial charge in [0.25, 0.3) is 0 Å². The van der Waals surface area contributed by atoms with E-state index in [9.17, 15) is 19.8 Å². The zero-order chi connectivity index (χ0) is 59.2. The van der Waals surface area contributed by atoms with Crippen LogP contribution in [0.5, 0.6) is 0 Å². The molecule has 2 unspecified atom stereocenters. The Labute approximate surface area is 515 Å². The number of aliphatic hydroxyl groups excluding tert-OH is 2. The summed E-state index contributed by atoms with van der Waals surface area (Å²) >= 11 is 0. The molecule has 82 heavy (non-hydrogen) atoms. The summed E-state index contributed by atoms with van der Waals surface area (Å²) in [6.07, 6.45) is 89.0. The van der Waals surface area contributed by atoms with Crippen molar-refractivity contribution in [2.45, 2.75) is 463 Å². The molecule has 0 saturated heterocycles. The van der Waals surface area contributed by atoms with E-state index in [1.165, 1.54) is 379 Å². The zero-order valence-electron chi connectivity index (χ0n) is 56.3. The number of unbranched alkanes of at least 4 members (excludes halogenated alkanes) is 62. The SMILES string of the molecule is CCCCCCCCCCCCCCCCCCCC(=O)OCCCCCCCCCCCCCCCCCCCCCCCCCCCCCCCCCC(=O)NC(CO)C(O)CCCCCCCCCCCCCCCCCCC. The number of hydrogen-bond acceptors (Lipinski definition) is 5. The van der Waals surface area contributed by atoms with Crippen molar-refractivity contribution in [2.75, 3.05) is 13.2 Å². The molecule has 0 aromatic rings. The van der Waals surface area contributed by atoms with Crippen molar-refractivity contribution in [1.82, 2.24) is 5.32 Å². The average molecular weight is 1160 g/mol. The topological polar surface area (TPSA) is 95.9 Å². The molecule has 0 aliphatic heterocycles. The molecule has 0 bridgehead atoms. The molecule has 0 saturated carbocycles. The second kappa shape index (κ2) is 72.3. The number of ether oxygens (including phenoxy) is 1. The van der Waals surface area contributed by atoms with E-state index in [0.717, 1.165) is 38.5 Å². The minimum Gasteiger partial charge on any atom is -0.466 e. The van der Waals surface area contributed by atoms with E-state index in [1.54, 1.807) is 0 Å². The van der Waals surface area contributed by atoms with Crippen LogP contribution in [0.25, 0.3) is 0 Å². The summed E-state index contributed by atoms with van der Waals surface area (Å²) in [4.78, 5) is 24.6. The smallest absolute Gasteiger partial charge is 0.305 e. The number of esters is 1. The van der Waals surface area contributed by atoms with Crippen molar-refractivity contribution >= 4 is 11.9 Å². The van der Waals surface area contributed by atoms with Crippen LogP contribution >= 0.6 is 0 Å². The van der Waals surface area contributed by atoms with Gasteiger partial charge in [-0.1, -0.05) is 412 Å². The van der Waals surface area contributed by atoms with Gasteiger partial charge < -0.3 is 20.3 Å². The molecule has 490 valence electrons. The highest BCUT2D eigenvalue weighted by atomic mass is 16.5. The van der Waals surface area contributed by atoms with Gasteiger partial charge in [0.05, 0.1) is 25.4 Å². The predicted molar refractivity (Wildman–Crippen MR) is 361 cm³/mol. The lowest BCUT2D eigenvalue weighted by molar-refractivity contribution is -0.143. The summed E-state index contributed by atoms with van der Waals surface area (Å²) in [5, 5.41) is 23.4. The van der Waals surface area contributed by atoms with Crippen molar-refractivity contribution in [1.29, 1.82) is 0 Å². The largest absolute Gasteiger partial charge is 0.466 e. The molecule has 1 amide bonds. The molecule has 6 nitrogen and oxygen atoms in total. The molecule has 3 N–H and O–H groups in total. The van der Waals surface area contributed by atoms with E-state index < -0.39 is 12.1 Å². The van der Waals surface area contributed by atoms with Crippen LogP contribution in [0.1, 0.15) is 450 Å². The highest BCUT2D eigenvalue weighted by molar-refractivity contribution is 5.76. The summed E-state index contributed by atoms with van der Waals surface area (Å²) in [6, 6.07) is -0.537. The summed E-state index contributed by atoms with van der Waals surface area (Å²) < 4.78 is 5.51. The molecule has 0 rings (SSSR count). The number of aliphatic hydroxyl groups is 2. The van der Waals surface area contributed by atoms with Crippen molar-refractivity contribution in [3.8, 4) is 0 Å². The number of nitrogens with one attached hydrogen (secondary N) is 1. The van der Waals surface area contributed by atoms with E-state index in [2.05, 4.69) is 19.2 Å². The van der Waals surface area contributed by atoms with Gasteiger partial charge in [-0.15, -0.1) is 0 Å². The van der Waals surface area contributed by atoms with E-state index in [1.807, 2.05) is 0 Å². The van der Waals surface area contributed by atoms with Gasteiger partial charge in [0.2, 0.25) is 5.91 Å². The third-order valence-electron chi connectivity index (χ3n) is 18.4. The van der Waals surface area contributed by atoms with Gasteiger partial charge >= 0.3 is 5.97 Å². The Bertz CT molecular complexity index is 1200. The van der Waals surface area contributed by atoms with Gasteiger partial charge in [-0.05, 0) is 25.7 Å². The van der Waals surface area contributed by atoms with E-state index >= 15 is 0 Å². The summed E-state index contributed by atoms with van der Waals surface area (Å²) in [7, 11) is 0. The molecule has 0 radical (unpaired) electrons. The highest BCUT2D eigenvalue weighted by Gasteiger charge is 2.20. The molecule has 0 heterocycles. The van der Waals surface area contributed by atoms with E-state index in [0.29, 0.717) is 25.9 Å². The van der Waals surface area contributed by atoms with Gasteiger partial charge in [0, 0.05) is 12.8 Å². The van der Waals surface area contributed by atoms with Crippen molar-refractivity contribution in [3.63, 3.8) is 0 Å². The van der Waals surface area contributed by atoms with Crippen LogP contribution in [0, 0.1) is 0 Å². The standard InChI is InChI=1S/C76H151NO5/c1-3-5-7-9-11-13-15-17-19-36-40-44-48-52-56-60-64-68-74(79)73(72-78)77-75(80)69-65-61-57-53-49-45-41-38-34-32-30-28-26-24-22-21-23-25-27-29-31-33-35-39-43-47-51-55-59-63-67-71-82-76(81)70-66-62-58-54-50-46-42-37-20-18-16-14-12-10-8-6-4-2/h73-74,78-79H,3-72H2,1-2H3,(H,77,80). The molecule has 0 fully saturated rings. The lowest BCUT2D eigenvalue weighted by atomic mass is 10.0. The monoisotopic (exact) mass is 1160 g/mol. The average Bonchev–Trinajstić information content (AvgIpc) is 3.48. The second-order valence-electron chi connectivity index (χ2n) is 26.7. The number of rotatable bonds is 73. The lowest BCUT2D eigenvalue weighted by Crippen LogP contribution is -2.45. The van der Waals surface area contributed by atoms with Crippen LogP contribution in [0.2, 0.25) is 0 Å². The summed E-state index contributed by atoms with van der Waals surface area (Å²) in [5.74, 6) is 0.000233. The fraction of sp³-hybridized carbons (Fsp3) is 0.974. The molecule has 2 atom stereocenters. The Hall–Kier alpha value is -1.14. The van der Waals surface area contributed by atoms with Crippen LogP contribution in [0.3, 0.4) is 0 Å². The van der Waals surface area contributed by atoms with Gasteiger partial charge in [-0.3, -0.25) is 9.59 Å². The maximum absolute atomic E-state index is 12.5. The number of amides is 1. The van der Waals surface area contributed by atoms with Crippen molar-refractivity contribution in [2.24, 2.45) is 0 Å². The fourth-order valence-electron chi connectivity index (χ4n) is 12.6. The Balaban J connectivity index is 3.30. The fourth-order valence-corrected chi connectivity index (χ4v) is 12.6. The van der Waals surface area contributed by atoms with Gasteiger partial charge in [0.15, 0.2) is 0 Å². The molecule has 0 aromatic carbocycles. The first-order chi connectivity index (χ1) is 40.5. The minimum atomic E-state index is -0.660. The third-order valence-corrected chi connectivity index (χ3v) is 18.4. The van der Waals surface area contributed by atoms with Gasteiger partial charge in [0.1, 0.15) is 0 Å². The van der Waals surface area contributed by atoms with Crippen molar-refractivity contribution in [3.05, 3.63) is 0 Å². The molecule has 0 aromatic heterocycles. The molecule has 0 aliphatic rings. The Morgan fingerprint density at radius 3 is 0.744 bits per heavy atom. The third kappa shape index (κ3) is 68.0. The highest BCUT2D eigenvalue weighted by Crippen LogP contribution is 2.20. The molecular formula is C76H151NO5. The maximum atomic E-state index is 12.5. The molecular weight excluding hydrogens is 1010 g/mol. The first kappa shape index (κ1) is 80.9. The zero-order valence-corrected chi connectivity index (χ0v) is 56.3. The van der Waals surface area contributed by atoms with Crippen LogP contribution in [0.15, 0.2) is 0 Å². The number of hydrogen-bond donors (Lipinski definition) is 3. The van der Waals surface area contributed by atoms with Crippen LogP contribution in [-0.4, -0.2) is 47.4 Å². The Kier molecular flexibility index (Phi) is 71.3.